The molecule has 3 heterocycles. The van der Waals surface area contributed by atoms with Gasteiger partial charge in [0.2, 0.25) is 0 Å². The number of carboxylic acid groups (broad SMARTS) is 1. The molecule has 0 radical (unpaired) electrons. The van der Waals surface area contributed by atoms with E-state index >= 15 is 0 Å². The maximum Gasteiger partial charge on any atom is 0.308 e. The average molecular weight is 228 g/mol. The number of halogens is 2. The predicted molar refractivity (Wildman–Crippen MR) is 54.8 cm³/mol. The van der Waals surface area contributed by atoms with E-state index in [0.29, 0.717) is 5.92 Å². The summed E-state index contributed by atoms with van der Waals surface area (Å²) in [5.74, 6) is -0.200. The molecule has 0 aromatic rings. The molecule has 3 nitrogen and oxygen atoms in total. The van der Waals surface area contributed by atoms with E-state index in [1.165, 1.54) is 0 Å². The number of hydrogen-bond acceptors (Lipinski definition) is 2. The van der Waals surface area contributed by atoms with Crippen molar-refractivity contribution in [1.82, 2.24) is 4.90 Å². The number of nitrogens with zero attached hydrogens (tertiary/aromatic N) is 1. The lowest BCUT2D eigenvalue weighted by atomic mass is 9.79. The van der Waals surface area contributed by atoms with Gasteiger partial charge in [-0.2, -0.15) is 0 Å². The van der Waals surface area contributed by atoms with Crippen molar-refractivity contribution in [3.05, 3.63) is 0 Å². The third kappa shape index (κ3) is 2.48. The van der Waals surface area contributed by atoms with Gasteiger partial charge in [-0.25, -0.2) is 0 Å². The molecule has 3 aliphatic heterocycles. The third-order valence-electron chi connectivity index (χ3n) is 2.97. The molecular weight excluding hydrogens is 213 g/mol. The minimum Gasteiger partial charge on any atom is -0.481 e. The summed E-state index contributed by atoms with van der Waals surface area (Å²) < 4.78 is 0. The monoisotopic (exact) mass is 227 g/mol. The number of piperidine rings is 3. The number of carbonyl (C=O) groups is 1. The second-order valence-corrected chi connectivity index (χ2v) is 3.58. The summed E-state index contributed by atoms with van der Waals surface area (Å²) in [4.78, 5) is 13.0. The van der Waals surface area contributed by atoms with Gasteiger partial charge in [-0.1, -0.05) is 0 Å². The summed E-state index contributed by atoms with van der Waals surface area (Å²) in [6.45, 7) is 3.03. The lowest BCUT2D eigenvalue weighted by molar-refractivity contribution is -0.148. The van der Waals surface area contributed by atoms with E-state index < -0.39 is 5.97 Å². The summed E-state index contributed by atoms with van der Waals surface area (Å²) in [5.41, 5.74) is 0. The highest BCUT2D eigenvalue weighted by molar-refractivity contribution is 5.85. The molecule has 3 aliphatic rings. The van der Waals surface area contributed by atoms with E-state index in [0.717, 1.165) is 32.5 Å². The molecule has 3 fully saturated rings. The van der Waals surface area contributed by atoms with Gasteiger partial charge >= 0.3 is 5.97 Å². The van der Waals surface area contributed by atoms with E-state index in [9.17, 15) is 4.79 Å². The van der Waals surface area contributed by atoms with E-state index in [4.69, 9.17) is 5.11 Å². The highest BCUT2D eigenvalue weighted by Gasteiger charge is 2.37. The predicted octanol–water partition coefficient (Wildman–Crippen LogP) is 1.26. The fourth-order valence-electron chi connectivity index (χ4n) is 2.24. The van der Waals surface area contributed by atoms with Crippen molar-refractivity contribution in [3.63, 3.8) is 0 Å². The van der Waals surface area contributed by atoms with Crippen molar-refractivity contribution in [2.75, 3.05) is 19.6 Å². The molecule has 0 aliphatic carbocycles. The molecule has 2 bridgehead atoms. The van der Waals surface area contributed by atoms with Gasteiger partial charge in [0.1, 0.15) is 0 Å². The number of rotatable bonds is 1. The third-order valence-corrected chi connectivity index (χ3v) is 2.97. The molecule has 0 spiro atoms. The average Bonchev–Trinajstić information content (AvgIpc) is 2.06. The van der Waals surface area contributed by atoms with Crippen LogP contribution >= 0.6 is 24.8 Å². The van der Waals surface area contributed by atoms with Crippen LogP contribution in [0.4, 0.5) is 0 Å². The van der Waals surface area contributed by atoms with Crippen molar-refractivity contribution < 1.29 is 9.90 Å². The summed E-state index contributed by atoms with van der Waals surface area (Å²) in [6, 6.07) is 0. The standard InChI is InChI=1S/C8H13NO2.2ClH/c10-8(11)7-5-9-3-1-6(7)2-4-9;;/h6-7H,1-5H2,(H,10,11);2*1H. The Morgan fingerprint density at radius 1 is 1.23 bits per heavy atom. The van der Waals surface area contributed by atoms with Crippen LogP contribution in [0.15, 0.2) is 0 Å². The van der Waals surface area contributed by atoms with Crippen LogP contribution in [0.1, 0.15) is 12.8 Å². The molecule has 1 unspecified atom stereocenters. The van der Waals surface area contributed by atoms with Crippen LogP contribution in [-0.2, 0) is 4.79 Å². The lowest BCUT2D eigenvalue weighted by Crippen LogP contribution is -2.49. The van der Waals surface area contributed by atoms with Gasteiger partial charge in [0.05, 0.1) is 5.92 Å². The van der Waals surface area contributed by atoms with Gasteiger partial charge in [0.15, 0.2) is 0 Å². The molecule has 0 aromatic carbocycles. The van der Waals surface area contributed by atoms with Crippen molar-refractivity contribution in [2.24, 2.45) is 11.8 Å². The molecule has 1 N–H and O–H groups in total. The maximum absolute atomic E-state index is 10.7. The van der Waals surface area contributed by atoms with Gasteiger partial charge in [-0.3, -0.25) is 4.79 Å². The summed E-state index contributed by atoms with van der Waals surface area (Å²) >= 11 is 0. The van der Waals surface area contributed by atoms with Gasteiger partial charge in [-0.05, 0) is 31.8 Å². The molecule has 0 amide bonds. The molecule has 1 atom stereocenters. The van der Waals surface area contributed by atoms with Crippen LogP contribution < -0.4 is 0 Å². The van der Waals surface area contributed by atoms with Crippen LogP contribution in [0.3, 0.4) is 0 Å². The molecule has 5 heteroatoms. The molecule has 3 saturated heterocycles. The Balaban J connectivity index is 0.000000720. The first kappa shape index (κ1) is 13.0. The van der Waals surface area contributed by atoms with Crippen molar-refractivity contribution in [2.45, 2.75) is 12.8 Å². The van der Waals surface area contributed by atoms with Gasteiger partial charge in [0, 0.05) is 6.54 Å². The lowest BCUT2D eigenvalue weighted by Gasteiger charge is -2.42. The van der Waals surface area contributed by atoms with Crippen LogP contribution in [0, 0.1) is 11.8 Å². The van der Waals surface area contributed by atoms with E-state index in [1.807, 2.05) is 0 Å². The van der Waals surface area contributed by atoms with Crippen LogP contribution in [0.5, 0.6) is 0 Å². The number of fused-ring (bicyclic) bond motifs is 3. The first-order valence-electron chi connectivity index (χ1n) is 4.22. The minimum absolute atomic E-state index is 0. The first-order valence-corrected chi connectivity index (χ1v) is 4.22. The fourth-order valence-corrected chi connectivity index (χ4v) is 2.24. The zero-order valence-corrected chi connectivity index (χ0v) is 8.94. The Morgan fingerprint density at radius 3 is 2.00 bits per heavy atom. The van der Waals surface area contributed by atoms with Crippen LogP contribution in [-0.4, -0.2) is 35.6 Å². The SMILES string of the molecule is Cl.Cl.O=C(O)C1CN2CCC1CC2. The quantitative estimate of drug-likeness (QED) is 0.734. The second-order valence-electron chi connectivity index (χ2n) is 3.58. The van der Waals surface area contributed by atoms with Crippen LogP contribution in [0.25, 0.3) is 0 Å². The van der Waals surface area contributed by atoms with E-state index in [2.05, 4.69) is 4.90 Å². The normalized spacial score (nSPS) is 35.8. The Hall–Kier alpha value is 0.01000. The largest absolute Gasteiger partial charge is 0.481 e. The highest BCUT2D eigenvalue weighted by atomic mass is 35.5. The molecular formula is C8H15Cl2NO2. The Morgan fingerprint density at radius 2 is 1.77 bits per heavy atom. The molecule has 3 rings (SSSR count). The van der Waals surface area contributed by atoms with Gasteiger partial charge < -0.3 is 10.0 Å². The van der Waals surface area contributed by atoms with Gasteiger partial charge in [-0.15, -0.1) is 24.8 Å². The maximum atomic E-state index is 10.7. The second kappa shape index (κ2) is 5.03. The number of carboxylic acids is 1. The fraction of sp³-hybridized carbons (Fsp3) is 0.875. The Bertz CT molecular complexity index is 181. The van der Waals surface area contributed by atoms with Crippen molar-refractivity contribution in [1.29, 1.82) is 0 Å². The Labute approximate surface area is 90.3 Å². The Kier molecular flexibility index (Phi) is 5.04. The van der Waals surface area contributed by atoms with E-state index in [1.54, 1.807) is 0 Å². The zero-order chi connectivity index (χ0) is 7.84. The summed E-state index contributed by atoms with van der Waals surface area (Å²) in [6.07, 6.45) is 2.19. The van der Waals surface area contributed by atoms with Crippen molar-refractivity contribution >= 4 is 30.8 Å². The summed E-state index contributed by atoms with van der Waals surface area (Å²) in [7, 11) is 0. The molecule has 78 valence electrons. The number of aliphatic carboxylic acids is 1. The first-order chi connectivity index (χ1) is 5.27. The smallest absolute Gasteiger partial charge is 0.308 e. The van der Waals surface area contributed by atoms with Crippen molar-refractivity contribution in [3.8, 4) is 0 Å². The molecule has 0 saturated carbocycles. The zero-order valence-electron chi connectivity index (χ0n) is 7.31. The van der Waals surface area contributed by atoms with E-state index in [-0.39, 0.29) is 30.7 Å². The molecule has 0 aromatic heterocycles. The highest BCUT2D eigenvalue weighted by Crippen LogP contribution is 2.32. The molecule has 13 heavy (non-hydrogen) atoms. The van der Waals surface area contributed by atoms with Gasteiger partial charge in [0.25, 0.3) is 0 Å². The van der Waals surface area contributed by atoms with Crippen LogP contribution in [0.2, 0.25) is 0 Å². The summed E-state index contributed by atoms with van der Waals surface area (Å²) in [5, 5.41) is 8.83. The minimum atomic E-state index is -0.598. The topological polar surface area (TPSA) is 40.5 Å². The number of hydrogen-bond donors (Lipinski definition) is 1.